The molecule has 6 nitrogen and oxygen atoms in total. The highest BCUT2D eigenvalue weighted by molar-refractivity contribution is 9.10. The van der Waals surface area contributed by atoms with Crippen LogP contribution in [0.5, 0.6) is 0 Å². The van der Waals surface area contributed by atoms with E-state index in [9.17, 15) is 14.9 Å². The van der Waals surface area contributed by atoms with Crippen molar-refractivity contribution >= 4 is 27.5 Å². The van der Waals surface area contributed by atoms with Gasteiger partial charge in [0, 0.05) is 19.2 Å². The van der Waals surface area contributed by atoms with Crippen molar-refractivity contribution in [2.45, 2.75) is 33.4 Å². The largest absolute Gasteiger partial charge is 0.354 e. The molecule has 2 N–H and O–H groups in total. The summed E-state index contributed by atoms with van der Waals surface area (Å²) in [7, 11) is 0. The molecular formula is C14H20BrN3O3. The van der Waals surface area contributed by atoms with Crippen molar-refractivity contribution in [3.8, 4) is 0 Å². The van der Waals surface area contributed by atoms with Gasteiger partial charge in [-0.25, -0.2) is 0 Å². The van der Waals surface area contributed by atoms with Gasteiger partial charge in [0.1, 0.15) is 0 Å². The fourth-order valence-corrected chi connectivity index (χ4v) is 2.21. The normalized spacial score (nSPS) is 12.2. The molecule has 0 aliphatic rings. The number of nitrogens with one attached hydrogen (secondary N) is 2. The van der Waals surface area contributed by atoms with Gasteiger partial charge in [-0.3, -0.25) is 14.9 Å². The fraction of sp³-hybridized carbons (Fsp3) is 0.500. The summed E-state index contributed by atoms with van der Waals surface area (Å²) in [4.78, 5) is 22.3. The second-order valence-corrected chi connectivity index (χ2v) is 6.04. The van der Waals surface area contributed by atoms with Crippen LogP contribution in [-0.4, -0.2) is 23.4 Å². The molecule has 116 valence electrons. The molecule has 1 atom stereocenters. The Morgan fingerprint density at radius 1 is 1.38 bits per heavy atom. The van der Waals surface area contributed by atoms with Gasteiger partial charge in [0.05, 0.1) is 15.4 Å². The molecular weight excluding hydrogens is 338 g/mol. The van der Waals surface area contributed by atoms with E-state index in [2.05, 4.69) is 26.6 Å². The maximum Gasteiger partial charge on any atom is 0.283 e. The van der Waals surface area contributed by atoms with Gasteiger partial charge in [0.15, 0.2) is 0 Å². The minimum Gasteiger partial charge on any atom is -0.354 e. The summed E-state index contributed by atoms with van der Waals surface area (Å²) >= 11 is 3.24. The predicted octanol–water partition coefficient (Wildman–Crippen LogP) is 2.61. The van der Waals surface area contributed by atoms with Crippen molar-refractivity contribution in [2.75, 3.05) is 6.54 Å². The second-order valence-electron chi connectivity index (χ2n) is 5.25. The van der Waals surface area contributed by atoms with Crippen LogP contribution in [0.3, 0.4) is 0 Å². The van der Waals surface area contributed by atoms with Crippen LogP contribution in [0.25, 0.3) is 0 Å². The SMILES string of the molecule is CC(C)CNC(=O)C(C)NCc1cccc([N+](=O)[O-])c1Br. The van der Waals surface area contributed by atoms with Crippen LogP contribution in [0.1, 0.15) is 26.3 Å². The van der Waals surface area contributed by atoms with Crippen molar-refractivity contribution < 1.29 is 9.72 Å². The summed E-state index contributed by atoms with van der Waals surface area (Å²) in [5.74, 6) is 0.317. The number of carbonyl (C=O) groups is 1. The van der Waals surface area contributed by atoms with Gasteiger partial charge < -0.3 is 10.6 Å². The highest BCUT2D eigenvalue weighted by Gasteiger charge is 2.17. The van der Waals surface area contributed by atoms with E-state index in [-0.39, 0.29) is 17.6 Å². The summed E-state index contributed by atoms with van der Waals surface area (Å²) in [6, 6.07) is 4.48. The van der Waals surface area contributed by atoms with Crippen molar-refractivity contribution in [3.05, 3.63) is 38.3 Å². The van der Waals surface area contributed by atoms with E-state index in [1.165, 1.54) is 6.07 Å². The molecule has 0 heterocycles. The van der Waals surface area contributed by atoms with Gasteiger partial charge in [0.2, 0.25) is 5.91 Å². The van der Waals surface area contributed by atoms with Gasteiger partial charge in [-0.2, -0.15) is 0 Å². The number of nitrogens with zero attached hydrogens (tertiary/aromatic N) is 1. The molecule has 1 amide bonds. The summed E-state index contributed by atoms with van der Waals surface area (Å²) in [5, 5.41) is 16.8. The third-order valence-electron chi connectivity index (χ3n) is 2.93. The average molecular weight is 358 g/mol. The van der Waals surface area contributed by atoms with Crippen molar-refractivity contribution in [1.82, 2.24) is 10.6 Å². The van der Waals surface area contributed by atoms with E-state index in [0.29, 0.717) is 23.5 Å². The molecule has 1 unspecified atom stereocenters. The number of halogens is 1. The summed E-state index contributed by atoms with van der Waals surface area (Å²) in [6.07, 6.45) is 0. The second kappa shape index (κ2) is 8.09. The molecule has 0 aliphatic heterocycles. The van der Waals surface area contributed by atoms with Crippen LogP contribution in [0.4, 0.5) is 5.69 Å². The molecule has 1 aromatic rings. The van der Waals surface area contributed by atoms with Crippen LogP contribution in [0, 0.1) is 16.0 Å². The molecule has 1 rings (SSSR count). The molecule has 0 bridgehead atoms. The molecule has 0 fully saturated rings. The minimum atomic E-state index is -0.438. The highest BCUT2D eigenvalue weighted by atomic mass is 79.9. The average Bonchev–Trinajstić information content (AvgIpc) is 2.42. The van der Waals surface area contributed by atoms with Crippen molar-refractivity contribution in [2.24, 2.45) is 5.92 Å². The summed E-state index contributed by atoms with van der Waals surface area (Å²) in [6.45, 7) is 6.82. The molecule has 0 radical (unpaired) electrons. The quantitative estimate of drug-likeness (QED) is 0.580. The number of amides is 1. The lowest BCUT2D eigenvalue weighted by atomic mass is 10.2. The third-order valence-corrected chi connectivity index (χ3v) is 3.85. The van der Waals surface area contributed by atoms with E-state index in [1.807, 2.05) is 13.8 Å². The van der Waals surface area contributed by atoms with Gasteiger partial charge in [-0.1, -0.05) is 26.0 Å². The van der Waals surface area contributed by atoms with Gasteiger partial charge in [-0.15, -0.1) is 0 Å². The lowest BCUT2D eigenvalue weighted by Gasteiger charge is -2.15. The first-order chi connectivity index (χ1) is 9.82. The number of benzene rings is 1. The van der Waals surface area contributed by atoms with Crippen LogP contribution in [0.15, 0.2) is 22.7 Å². The zero-order valence-electron chi connectivity index (χ0n) is 12.4. The van der Waals surface area contributed by atoms with Crippen LogP contribution < -0.4 is 10.6 Å². The number of hydrogen-bond acceptors (Lipinski definition) is 4. The minimum absolute atomic E-state index is 0.0196. The van der Waals surface area contributed by atoms with E-state index in [1.54, 1.807) is 19.1 Å². The molecule has 1 aromatic carbocycles. The van der Waals surface area contributed by atoms with Crippen molar-refractivity contribution in [3.63, 3.8) is 0 Å². The number of hydrogen-bond donors (Lipinski definition) is 2. The molecule has 0 spiro atoms. The fourth-order valence-electron chi connectivity index (χ4n) is 1.66. The number of nitro groups is 1. The van der Waals surface area contributed by atoms with Crippen LogP contribution >= 0.6 is 15.9 Å². The first-order valence-corrected chi connectivity index (χ1v) is 7.55. The summed E-state index contributed by atoms with van der Waals surface area (Å²) < 4.78 is 0.442. The monoisotopic (exact) mass is 357 g/mol. The maximum atomic E-state index is 11.8. The van der Waals surface area contributed by atoms with Crippen LogP contribution in [0.2, 0.25) is 0 Å². The number of nitro benzene ring substituents is 1. The Morgan fingerprint density at radius 2 is 2.05 bits per heavy atom. The first kappa shape index (κ1) is 17.6. The van der Waals surface area contributed by atoms with E-state index in [0.717, 1.165) is 5.56 Å². The van der Waals surface area contributed by atoms with Crippen molar-refractivity contribution in [1.29, 1.82) is 0 Å². The van der Waals surface area contributed by atoms with Gasteiger partial charge >= 0.3 is 0 Å². The zero-order valence-corrected chi connectivity index (χ0v) is 13.9. The third kappa shape index (κ3) is 5.43. The van der Waals surface area contributed by atoms with Crippen LogP contribution in [-0.2, 0) is 11.3 Å². The molecule has 7 heteroatoms. The lowest BCUT2D eigenvalue weighted by molar-refractivity contribution is -0.385. The molecule has 0 aromatic heterocycles. The smallest absolute Gasteiger partial charge is 0.283 e. The number of carbonyl (C=O) groups excluding carboxylic acids is 1. The first-order valence-electron chi connectivity index (χ1n) is 6.75. The predicted molar refractivity (Wildman–Crippen MR) is 84.9 cm³/mol. The van der Waals surface area contributed by atoms with E-state index >= 15 is 0 Å². The Kier molecular flexibility index (Phi) is 6.77. The Hall–Kier alpha value is -1.47. The van der Waals surface area contributed by atoms with Gasteiger partial charge in [-0.05, 0) is 34.3 Å². The van der Waals surface area contributed by atoms with E-state index in [4.69, 9.17) is 0 Å². The van der Waals surface area contributed by atoms with Gasteiger partial charge in [0.25, 0.3) is 5.69 Å². The molecule has 0 saturated heterocycles. The standard InChI is InChI=1S/C14H20BrN3O3/c1-9(2)7-17-14(19)10(3)16-8-11-5-4-6-12(13(11)15)18(20)21/h4-6,9-10,16H,7-8H2,1-3H3,(H,17,19). The maximum absolute atomic E-state index is 11.8. The van der Waals surface area contributed by atoms with E-state index < -0.39 is 4.92 Å². The summed E-state index contributed by atoms with van der Waals surface area (Å²) in [5.41, 5.74) is 0.763. The molecule has 0 saturated carbocycles. The Labute approximate surface area is 132 Å². The number of rotatable bonds is 7. The Morgan fingerprint density at radius 3 is 2.62 bits per heavy atom. The molecule has 0 aliphatic carbocycles. The molecule has 21 heavy (non-hydrogen) atoms. The topological polar surface area (TPSA) is 84.3 Å². The Balaban J connectivity index is 2.61. The Bertz CT molecular complexity index is 520. The lowest BCUT2D eigenvalue weighted by Crippen LogP contribution is -2.43. The highest BCUT2D eigenvalue weighted by Crippen LogP contribution is 2.28. The zero-order chi connectivity index (χ0) is 16.0.